The molecule has 8 heteroatoms. The Morgan fingerprint density at radius 3 is 2.43 bits per heavy atom. The number of unbranched alkanes of at least 4 members (excludes halogenated alkanes) is 1. The van der Waals surface area contributed by atoms with E-state index in [9.17, 15) is 0 Å². The van der Waals surface area contributed by atoms with Crippen molar-refractivity contribution >= 4 is 29.9 Å². The minimum atomic E-state index is 0. The van der Waals surface area contributed by atoms with Crippen molar-refractivity contribution in [3.8, 4) is 0 Å². The monoisotopic (exact) mass is 410 g/mol. The van der Waals surface area contributed by atoms with E-state index in [0.29, 0.717) is 0 Å². The van der Waals surface area contributed by atoms with E-state index in [0.717, 1.165) is 58.1 Å². The van der Waals surface area contributed by atoms with E-state index in [4.69, 9.17) is 4.74 Å². The molecule has 0 unspecified atom stereocenters. The Hall–Kier alpha value is -0.900. The molecule has 0 atom stereocenters. The van der Waals surface area contributed by atoms with Crippen LogP contribution in [0.3, 0.4) is 0 Å². The van der Waals surface area contributed by atoms with E-state index in [1.165, 1.54) is 0 Å². The molecule has 0 radical (unpaired) electrons. The van der Waals surface area contributed by atoms with E-state index < -0.39 is 0 Å². The lowest BCUT2D eigenvalue weighted by Crippen LogP contribution is -2.38. The van der Waals surface area contributed by atoms with Gasteiger partial charge in [-0.2, -0.15) is 0 Å². The van der Waals surface area contributed by atoms with Gasteiger partial charge in [-0.25, -0.2) is 0 Å². The fourth-order valence-electron chi connectivity index (χ4n) is 1.71. The first-order chi connectivity index (χ1) is 9.86. The summed E-state index contributed by atoms with van der Waals surface area (Å²) in [5.74, 6) is 0.853. The fraction of sp³-hybridized carbons (Fsp3) is 0.769. The van der Waals surface area contributed by atoms with Crippen molar-refractivity contribution in [1.82, 2.24) is 25.4 Å². The van der Waals surface area contributed by atoms with Gasteiger partial charge in [0, 0.05) is 39.9 Å². The van der Waals surface area contributed by atoms with Gasteiger partial charge >= 0.3 is 0 Å². The van der Waals surface area contributed by atoms with Crippen LogP contribution in [0.1, 0.15) is 26.2 Å². The molecule has 0 aliphatic heterocycles. The molecular formula is C13H27IN6O. The Labute approximate surface area is 144 Å². The zero-order valence-corrected chi connectivity index (χ0v) is 15.2. The predicted molar refractivity (Wildman–Crippen MR) is 95.1 cm³/mol. The van der Waals surface area contributed by atoms with Gasteiger partial charge in [-0.1, -0.05) is 0 Å². The summed E-state index contributed by atoms with van der Waals surface area (Å²) in [6.07, 6.45) is 6.64. The molecule has 1 aromatic rings. The molecule has 1 aromatic heterocycles. The second-order valence-electron chi connectivity index (χ2n) is 4.38. The number of hydrogen-bond donors (Lipinski definition) is 2. The molecule has 21 heavy (non-hydrogen) atoms. The standard InChI is InChI=1S/C13H26N6O.HI/c1-3-20-10-6-8-16-13(14-2)15-7-4-5-9-19-11-17-18-12-19;/h11-12H,3-10H2,1-2H3,(H2,14,15,16);1H. The summed E-state index contributed by atoms with van der Waals surface area (Å²) in [5.41, 5.74) is 0. The van der Waals surface area contributed by atoms with Crippen LogP contribution in [0.15, 0.2) is 17.6 Å². The number of halogens is 1. The van der Waals surface area contributed by atoms with Crippen LogP contribution in [0.25, 0.3) is 0 Å². The van der Waals surface area contributed by atoms with Gasteiger partial charge in [0.05, 0.1) is 0 Å². The molecule has 0 aliphatic rings. The Kier molecular flexibility index (Phi) is 13.5. The molecule has 0 bridgehead atoms. The average molecular weight is 410 g/mol. The Morgan fingerprint density at radius 2 is 1.81 bits per heavy atom. The number of guanidine groups is 1. The molecule has 0 aliphatic carbocycles. The topological polar surface area (TPSA) is 76.4 Å². The highest BCUT2D eigenvalue weighted by Crippen LogP contribution is 1.92. The third-order valence-electron chi connectivity index (χ3n) is 2.79. The molecule has 0 amide bonds. The molecule has 0 aromatic carbocycles. The highest BCUT2D eigenvalue weighted by Gasteiger charge is 1.97. The van der Waals surface area contributed by atoms with Gasteiger partial charge < -0.3 is 19.9 Å². The minimum absolute atomic E-state index is 0. The van der Waals surface area contributed by atoms with Gasteiger partial charge in [-0.3, -0.25) is 4.99 Å². The zero-order valence-electron chi connectivity index (χ0n) is 12.9. The van der Waals surface area contributed by atoms with Crippen LogP contribution in [-0.2, 0) is 11.3 Å². The summed E-state index contributed by atoms with van der Waals surface area (Å²) in [6.45, 7) is 6.31. The number of nitrogens with zero attached hydrogens (tertiary/aromatic N) is 4. The zero-order chi connectivity index (χ0) is 14.5. The van der Waals surface area contributed by atoms with Crippen molar-refractivity contribution in [2.24, 2.45) is 4.99 Å². The molecule has 0 fully saturated rings. The quantitative estimate of drug-likeness (QED) is 0.263. The lowest BCUT2D eigenvalue weighted by Gasteiger charge is -2.11. The van der Waals surface area contributed by atoms with Crippen LogP contribution >= 0.6 is 24.0 Å². The lowest BCUT2D eigenvalue weighted by molar-refractivity contribution is 0.145. The number of aliphatic imine (C=N–C) groups is 1. The van der Waals surface area contributed by atoms with Crippen molar-refractivity contribution in [3.05, 3.63) is 12.7 Å². The number of ether oxygens (including phenoxy) is 1. The third-order valence-corrected chi connectivity index (χ3v) is 2.79. The summed E-state index contributed by atoms with van der Waals surface area (Å²) >= 11 is 0. The van der Waals surface area contributed by atoms with Crippen LogP contribution in [0.2, 0.25) is 0 Å². The molecule has 1 rings (SSSR count). The SMILES string of the molecule is CCOCCCNC(=NC)NCCCCn1cnnc1.I. The molecule has 0 saturated carbocycles. The minimum Gasteiger partial charge on any atom is -0.382 e. The van der Waals surface area contributed by atoms with Crippen molar-refractivity contribution in [2.75, 3.05) is 33.4 Å². The van der Waals surface area contributed by atoms with Crippen LogP contribution in [-0.4, -0.2) is 54.1 Å². The molecule has 7 nitrogen and oxygen atoms in total. The number of rotatable bonds is 10. The van der Waals surface area contributed by atoms with E-state index >= 15 is 0 Å². The highest BCUT2D eigenvalue weighted by molar-refractivity contribution is 14.0. The van der Waals surface area contributed by atoms with Crippen LogP contribution in [0.5, 0.6) is 0 Å². The van der Waals surface area contributed by atoms with Gasteiger partial charge in [0.2, 0.25) is 0 Å². The van der Waals surface area contributed by atoms with Gasteiger partial charge in [-0.05, 0) is 26.2 Å². The summed E-state index contributed by atoms with van der Waals surface area (Å²) in [4.78, 5) is 4.18. The lowest BCUT2D eigenvalue weighted by atomic mass is 10.3. The summed E-state index contributed by atoms with van der Waals surface area (Å²) in [6, 6.07) is 0. The van der Waals surface area contributed by atoms with E-state index in [1.54, 1.807) is 19.7 Å². The number of aromatic nitrogens is 3. The maximum absolute atomic E-state index is 5.28. The Bertz CT molecular complexity index is 358. The van der Waals surface area contributed by atoms with Gasteiger partial charge in [0.15, 0.2) is 5.96 Å². The molecule has 0 spiro atoms. The van der Waals surface area contributed by atoms with E-state index in [1.807, 2.05) is 11.5 Å². The van der Waals surface area contributed by atoms with Crippen molar-refractivity contribution in [3.63, 3.8) is 0 Å². The molecule has 0 saturated heterocycles. The maximum atomic E-state index is 5.28. The van der Waals surface area contributed by atoms with Gasteiger partial charge in [0.1, 0.15) is 12.7 Å². The van der Waals surface area contributed by atoms with E-state index in [-0.39, 0.29) is 24.0 Å². The fourth-order valence-corrected chi connectivity index (χ4v) is 1.71. The number of aryl methyl sites for hydroxylation is 1. The largest absolute Gasteiger partial charge is 0.382 e. The summed E-state index contributed by atoms with van der Waals surface area (Å²) in [5, 5.41) is 14.1. The predicted octanol–water partition coefficient (Wildman–Crippen LogP) is 1.27. The van der Waals surface area contributed by atoms with Crippen LogP contribution in [0.4, 0.5) is 0 Å². The molecule has 122 valence electrons. The van der Waals surface area contributed by atoms with E-state index in [2.05, 4.69) is 25.8 Å². The van der Waals surface area contributed by atoms with Crippen molar-refractivity contribution in [1.29, 1.82) is 0 Å². The third kappa shape index (κ3) is 10.5. The first-order valence-corrected chi connectivity index (χ1v) is 7.21. The van der Waals surface area contributed by atoms with Crippen LogP contribution < -0.4 is 10.6 Å². The second-order valence-corrected chi connectivity index (χ2v) is 4.38. The molecule has 1 heterocycles. The first-order valence-electron chi connectivity index (χ1n) is 7.21. The van der Waals surface area contributed by atoms with Crippen LogP contribution in [0, 0.1) is 0 Å². The van der Waals surface area contributed by atoms with Gasteiger partial charge in [0.25, 0.3) is 0 Å². The highest BCUT2D eigenvalue weighted by atomic mass is 127. The number of nitrogens with one attached hydrogen (secondary N) is 2. The smallest absolute Gasteiger partial charge is 0.190 e. The second kappa shape index (κ2) is 14.1. The Balaban J connectivity index is 0.00000400. The first kappa shape index (κ1) is 20.1. The van der Waals surface area contributed by atoms with Crippen molar-refractivity contribution < 1.29 is 4.74 Å². The summed E-state index contributed by atoms with van der Waals surface area (Å²) < 4.78 is 7.27. The molecular weight excluding hydrogens is 383 g/mol. The Morgan fingerprint density at radius 1 is 1.14 bits per heavy atom. The normalized spacial score (nSPS) is 11.0. The molecule has 2 N–H and O–H groups in total. The van der Waals surface area contributed by atoms with Crippen molar-refractivity contribution in [2.45, 2.75) is 32.7 Å². The number of hydrogen-bond acceptors (Lipinski definition) is 4. The maximum Gasteiger partial charge on any atom is 0.190 e. The van der Waals surface area contributed by atoms with Gasteiger partial charge in [-0.15, -0.1) is 34.2 Å². The summed E-state index contributed by atoms with van der Waals surface area (Å²) in [7, 11) is 1.79. The average Bonchev–Trinajstić information content (AvgIpc) is 2.97.